The van der Waals surface area contributed by atoms with Gasteiger partial charge < -0.3 is 0 Å². The van der Waals surface area contributed by atoms with Gasteiger partial charge in [-0.25, -0.2) is 9.97 Å². The molecule has 4 heteroatoms. The molecule has 0 amide bonds. The van der Waals surface area contributed by atoms with E-state index in [4.69, 9.17) is 0 Å². The van der Waals surface area contributed by atoms with Crippen LogP contribution in [0.15, 0.2) is 46.3 Å². The molecular weight excluding hydrogens is 284 g/mol. The van der Waals surface area contributed by atoms with Gasteiger partial charge in [0.15, 0.2) is 0 Å². The third kappa shape index (κ3) is 2.83. The van der Waals surface area contributed by atoms with Gasteiger partial charge in [-0.2, -0.15) is 0 Å². The molecule has 1 heterocycles. The van der Waals surface area contributed by atoms with E-state index in [2.05, 4.69) is 57.1 Å². The minimum Gasteiger partial charge on any atom is -0.244 e. The second kappa shape index (κ2) is 5.46. The van der Waals surface area contributed by atoms with E-state index < -0.39 is 0 Å². The van der Waals surface area contributed by atoms with E-state index in [9.17, 15) is 0 Å². The molecule has 0 N–H and O–H groups in total. The van der Waals surface area contributed by atoms with Crippen LogP contribution in [0.5, 0.6) is 0 Å². The van der Waals surface area contributed by atoms with E-state index in [1.165, 1.54) is 11.1 Å². The van der Waals surface area contributed by atoms with Crippen molar-refractivity contribution in [3.05, 3.63) is 52.4 Å². The summed E-state index contributed by atoms with van der Waals surface area (Å²) in [5, 5.41) is 0.984. The smallest absolute Gasteiger partial charge is 0.116 e. The van der Waals surface area contributed by atoms with Gasteiger partial charge in [-0.05, 0) is 34.0 Å². The van der Waals surface area contributed by atoms with Crippen molar-refractivity contribution in [2.24, 2.45) is 0 Å². The molecule has 0 spiro atoms. The monoisotopic (exact) mass is 294 g/mol. The molecule has 2 rings (SSSR count). The molecule has 1 aromatic heterocycles. The maximum Gasteiger partial charge on any atom is 0.116 e. The van der Waals surface area contributed by atoms with Gasteiger partial charge in [-0.1, -0.05) is 24.3 Å². The average molecular weight is 295 g/mol. The van der Waals surface area contributed by atoms with Crippen LogP contribution in [0.25, 0.3) is 0 Å². The van der Waals surface area contributed by atoms with Gasteiger partial charge in [0.2, 0.25) is 0 Å². The van der Waals surface area contributed by atoms with E-state index in [1.54, 1.807) is 24.3 Å². The van der Waals surface area contributed by atoms with Crippen LogP contribution in [0, 0.1) is 6.92 Å². The molecule has 16 heavy (non-hydrogen) atoms. The minimum atomic E-state index is 0.933. The van der Waals surface area contributed by atoms with E-state index in [0.29, 0.717) is 0 Å². The van der Waals surface area contributed by atoms with Crippen molar-refractivity contribution in [1.82, 2.24) is 9.97 Å². The van der Waals surface area contributed by atoms with Crippen LogP contribution in [-0.2, 0) is 5.75 Å². The van der Waals surface area contributed by atoms with E-state index >= 15 is 0 Å². The van der Waals surface area contributed by atoms with Crippen molar-refractivity contribution >= 4 is 27.7 Å². The predicted molar refractivity (Wildman–Crippen MR) is 70.5 cm³/mol. The van der Waals surface area contributed by atoms with E-state index in [-0.39, 0.29) is 0 Å². The summed E-state index contributed by atoms with van der Waals surface area (Å²) in [4.78, 5) is 8.17. The molecule has 0 fully saturated rings. The fraction of sp³-hybridized carbons (Fsp3) is 0.167. The summed E-state index contributed by atoms with van der Waals surface area (Å²) in [5.74, 6) is 0.933. The summed E-state index contributed by atoms with van der Waals surface area (Å²) in [6.45, 7) is 2.13. The van der Waals surface area contributed by atoms with E-state index in [1.807, 2.05) is 0 Å². The highest BCUT2D eigenvalue weighted by molar-refractivity contribution is 9.10. The van der Waals surface area contributed by atoms with Crippen molar-refractivity contribution in [2.45, 2.75) is 17.7 Å². The van der Waals surface area contributed by atoms with Crippen LogP contribution in [0.1, 0.15) is 11.1 Å². The third-order valence-electron chi connectivity index (χ3n) is 2.26. The maximum atomic E-state index is 4.23. The zero-order valence-electron chi connectivity index (χ0n) is 8.85. The number of halogens is 1. The second-order valence-electron chi connectivity index (χ2n) is 3.39. The Kier molecular flexibility index (Phi) is 3.96. The van der Waals surface area contributed by atoms with Gasteiger partial charge in [-0.3, -0.25) is 0 Å². The lowest BCUT2D eigenvalue weighted by atomic mass is 10.1. The first-order chi connectivity index (χ1) is 7.77. The standard InChI is InChI=1S/C12H11BrN2S/c1-9-4-2-3-5-10(9)7-16-12-11(13)6-14-8-15-12/h2-6,8H,7H2,1H3. The van der Waals surface area contributed by atoms with Crippen LogP contribution in [0.3, 0.4) is 0 Å². The number of hydrogen-bond donors (Lipinski definition) is 0. The molecule has 0 unspecified atom stereocenters. The van der Waals surface area contributed by atoms with Crippen LogP contribution < -0.4 is 0 Å². The van der Waals surface area contributed by atoms with Gasteiger partial charge in [-0.15, -0.1) is 11.8 Å². The number of hydrogen-bond acceptors (Lipinski definition) is 3. The number of thioether (sulfide) groups is 1. The average Bonchev–Trinajstić information content (AvgIpc) is 2.30. The molecule has 0 aliphatic heterocycles. The van der Waals surface area contributed by atoms with Crippen molar-refractivity contribution in [3.8, 4) is 0 Å². The molecule has 0 bridgehead atoms. The molecule has 2 nitrogen and oxygen atoms in total. The lowest BCUT2D eigenvalue weighted by Crippen LogP contribution is -1.88. The molecule has 0 aliphatic carbocycles. The number of aromatic nitrogens is 2. The fourth-order valence-corrected chi connectivity index (χ4v) is 2.82. The lowest BCUT2D eigenvalue weighted by molar-refractivity contribution is 1.02. The quantitative estimate of drug-likeness (QED) is 0.635. The molecule has 2 aromatic rings. The highest BCUT2D eigenvalue weighted by atomic mass is 79.9. The summed E-state index contributed by atoms with van der Waals surface area (Å²) < 4.78 is 0.952. The van der Waals surface area contributed by atoms with Crippen molar-refractivity contribution in [3.63, 3.8) is 0 Å². The Morgan fingerprint density at radius 2 is 2.12 bits per heavy atom. The van der Waals surface area contributed by atoms with Crippen LogP contribution in [0.4, 0.5) is 0 Å². The molecule has 0 saturated carbocycles. The Morgan fingerprint density at radius 1 is 1.31 bits per heavy atom. The highest BCUT2D eigenvalue weighted by Crippen LogP contribution is 2.27. The first kappa shape index (κ1) is 11.6. The third-order valence-corrected chi connectivity index (χ3v) is 4.16. The van der Waals surface area contributed by atoms with Crippen molar-refractivity contribution in [1.29, 1.82) is 0 Å². The van der Waals surface area contributed by atoms with Gasteiger partial charge in [0.05, 0.1) is 4.47 Å². The molecular formula is C12H11BrN2S. The molecule has 0 aliphatic rings. The highest BCUT2D eigenvalue weighted by Gasteiger charge is 2.03. The predicted octanol–water partition coefficient (Wildman–Crippen LogP) is 3.84. The fourth-order valence-electron chi connectivity index (χ4n) is 1.33. The first-order valence-corrected chi connectivity index (χ1v) is 6.68. The number of rotatable bonds is 3. The Bertz CT molecular complexity index is 442. The molecule has 1 aromatic carbocycles. The summed E-state index contributed by atoms with van der Waals surface area (Å²) in [5.41, 5.74) is 2.66. The van der Waals surface area contributed by atoms with Gasteiger partial charge in [0, 0.05) is 11.9 Å². The summed E-state index contributed by atoms with van der Waals surface area (Å²) in [6.07, 6.45) is 3.35. The zero-order valence-corrected chi connectivity index (χ0v) is 11.3. The largest absolute Gasteiger partial charge is 0.244 e. The molecule has 0 atom stereocenters. The van der Waals surface area contributed by atoms with Crippen molar-refractivity contribution in [2.75, 3.05) is 0 Å². The maximum absolute atomic E-state index is 4.23. The summed E-state index contributed by atoms with van der Waals surface area (Å²) in [6, 6.07) is 8.41. The second-order valence-corrected chi connectivity index (χ2v) is 5.21. The summed E-state index contributed by atoms with van der Waals surface area (Å²) in [7, 11) is 0. The minimum absolute atomic E-state index is 0.933. The Balaban J connectivity index is 2.09. The SMILES string of the molecule is Cc1ccccc1CSc1ncncc1Br. The lowest BCUT2D eigenvalue weighted by Gasteiger charge is -2.05. The van der Waals surface area contributed by atoms with Crippen molar-refractivity contribution < 1.29 is 0 Å². The van der Waals surface area contributed by atoms with Crippen LogP contribution in [0.2, 0.25) is 0 Å². The van der Waals surface area contributed by atoms with Crippen LogP contribution in [-0.4, -0.2) is 9.97 Å². The Hall–Kier alpha value is -0.870. The first-order valence-electron chi connectivity index (χ1n) is 4.90. The zero-order chi connectivity index (χ0) is 11.4. The summed E-state index contributed by atoms with van der Waals surface area (Å²) >= 11 is 5.16. The number of nitrogens with zero attached hydrogens (tertiary/aromatic N) is 2. The van der Waals surface area contributed by atoms with Crippen LogP contribution >= 0.6 is 27.7 Å². The molecule has 82 valence electrons. The number of aryl methyl sites for hydroxylation is 1. The number of benzene rings is 1. The topological polar surface area (TPSA) is 25.8 Å². The normalized spacial score (nSPS) is 10.4. The van der Waals surface area contributed by atoms with Gasteiger partial charge >= 0.3 is 0 Å². The Morgan fingerprint density at radius 3 is 2.88 bits per heavy atom. The molecule has 0 radical (unpaired) electrons. The molecule has 0 saturated heterocycles. The van der Waals surface area contributed by atoms with Gasteiger partial charge in [0.1, 0.15) is 11.4 Å². The van der Waals surface area contributed by atoms with E-state index in [0.717, 1.165) is 15.3 Å². The van der Waals surface area contributed by atoms with Gasteiger partial charge in [0.25, 0.3) is 0 Å². The Labute approximate surface area is 108 Å².